The predicted molar refractivity (Wildman–Crippen MR) is 235 cm³/mol. The average molecular weight is 774 g/mol. The van der Waals surface area contributed by atoms with Crippen molar-refractivity contribution in [2.75, 3.05) is 59.0 Å². The molecule has 0 aromatic heterocycles. The number of unbranched alkanes of at least 4 members (excludes halogenated alkanes) is 22. The molecule has 322 valence electrons. The number of esters is 2. The molecule has 0 atom stereocenters. The number of carbonyl (C=O) groups is 2. The van der Waals surface area contributed by atoms with Crippen molar-refractivity contribution in [3.63, 3.8) is 0 Å². The van der Waals surface area contributed by atoms with Crippen molar-refractivity contribution in [3.05, 3.63) is 24.3 Å². The first-order chi connectivity index (χ1) is 27.1. The third-order valence-corrected chi connectivity index (χ3v) is 11.3. The fourth-order valence-electron chi connectivity index (χ4n) is 7.64. The molecule has 1 saturated heterocycles. The number of hydrogen-bond donors (Lipinski definition) is 1. The average Bonchev–Trinajstić information content (AvgIpc) is 3.18. The molecule has 1 aliphatic rings. The Hall–Kier alpha value is -1.70. The molecule has 0 saturated carbocycles. The molecule has 1 fully saturated rings. The number of likely N-dealkylation sites (tertiary alicyclic amines) is 1. The summed E-state index contributed by atoms with van der Waals surface area (Å²) in [6.45, 7) is 11.5. The maximum Gasteiger partial charge on any atom is 0.305 e. The number of rotatable bonds is 40. The van der Waals surface area contributed by atoms with Crippen LogP contribution < -0.4 is 5.73 Å². The zero-order chi connectivity index (χ0) is 39.7. The number of allylic oxidation sites excluding steroid dienone is 4. The van der Waals surface area contributed by atoms with Crippen molar-refractivity contribution >= 4 is 11.9 Å². The van der Waals surface area contributed by atoms with Gasteiger partial charge in [0.05, 0.1) is 0 Å². The highest BCUT2D eigenvalue weighted by Crippen LogP contribution is 2.19. The lowest BCUT2D eigenvalue weighted by Crippen LogP contribution is -2.42. The molecule has 0 aromatic carbocycles. The Morgan fingerprint density at radius 3 is 1.31 bits per heavy atom. The number of piperidine rings is 1. The maximum absolute atomic E-state index is 12.5. The fourth-order valence-corrected chi connectivity index (χ4v) is 7.64. The van der Waals surface area contributed by atoms with Gasteiger partial charge < -0.3 is 20.1 Å². The van der Waals surface area contributed by atoms with E-state index < -0.39 is 0 Å². The molecule has 55 heavy (non-hydrogen) atoms. The normalized spacial score (nSPS) is 14.2. The minimum Gasteiger partial charge on any atom is -0.464 e. The van der Waals surface area contributed by atoms with E-state index in [9.17, 15) is 9.59 Å². The van der Waals surface area contributed by atoms with Crippen molar-refractivity contribution < 1.29 is 19.1 Å². The third kappa shape index (κ3) is 35.2. The summed E-state index contributed by atoms with van der Waals surface area (Å²) in [6, 6.07) is 0. The van der Waals surface area contributed by atoms with Crippen LogP contribution in [0.3, 0.4) is 0 Å². The highest BCUT2D eigenvalue weighted by Gasteiger charge is 2.21. The van der Waals surface area contributed by atoms with Crippen LogP contribution >= 0.6 is 0 Å². The van der Waals surface area contributed by atoms with Crippen LogP contribution in [0, 0.1) is 5.92 Å². The molecule has 1 aliphatic heterocycles. The second-order valence-corrected chi connectivity index (χ2v) is 16.5. The number of nitrogens with zero attached hydrogens (tertiary/aromatic N) is 2. The van der Waals surface area contributed by atoms with E-state index in [-0.39, 0.29) is 11.9 Å². The van der Waals surface area contributed by atoms with Crippen molar-refractivity contribution in [2.24, 2.45) is 11.7 Å². The van der Waals surface area contributed by atoms with E-state index in [4.69, 9.17) is 15.2 Å². The number of carbonyl (C=O) groups excluding carboxylic acids is 2. The van der Waals surface area contributed by atoms with E-state index in [1.54, 1.807) is 0 Å². The first-order valence-electron chi connectivity index (χ1n) is 23.8. The van der Waals surface area contributed by atoms with Crippen LogP contribution in [0.4, 0.5) is 0 Å². The number of nitrogens with two attached hydrogens (primary N) is 1. The van der Waals surface area contributed by atoms with Crippen LogP contribution in [0.2, 0.25) is 0 Å². The number of hydrogen-bond acceptors (Lipinski definition) is 7. The topological polar surface area (TPSA) is 85.1 Å². The summed E-state index contributed by atoms with van der Waals surface area (Å²) in [4.78, 5) is 29.8. The van der Waals surface area contributed by atoms with E-state index in [0.717, 1.165) is 64.7 Å². The second-order valence-electron chi connectivity index (χ2n) is 16.5. The Kier molecular flexibility index (Phi) is 37.8. The standard InChI is InChI=1S/C48H91N3O4/c1-3-5-7-9-11-13-15-17-19-21-23-25-27-29-31-33-47(52)54-43-41-51(45-46-35-38-50(39-36-46)40-37-49)42-44-55-48(53)34-32-30-28-26-24-22-20-18-16-14-12-10-8-6-4-2/h17-20,46H,3-16,21-45,49H2,1-2H3/b19-17-,20-18-. The van der Waals surface area contributed by atoms with Gasteiger partial charge in [0.25, 0.3) is 0 Å². The SMILES string of the molecule is CCCCCCCC/C=C\CCCCCCCC(=O)OCCN(CCOC(=O)CCCCCCC/C=C\CCCCCCCC)CC1CCN(CCN)CC1. The quantitative estimate of drug-likeness (QED) is 0.0377. The lowest BCUT2D eigenvalue weighted by Gasteiger charge is -2.34. The summed E-state index contributed by atoms with van der Waals surface area (Å²) in [5, 5.41) is 0. The first kappa shape index (κ1) is 51.3. The zero-order valence-corrected chi connectivity index (χ0v) is 36.6. The lowest BCUT2D eigenvalue weighted by atomic mass is 9.96. The van der Waals surface area contributed by atoms with E-state index >= 15 is 0 Å². The molecule has 0 unspecified atom stereocenters. The molecule has 0 aliphatic carbocycles. The molecule has 0 amide bonds. The largest absolute Gasteiger partial charge is 0.464 e. The van der Waals surface area contributed by atoms with Gasteiger partial charge in [-0.1, -0.05) is 141 Å². The van der Waals surface area contributed by atoms with Gasteiger partial charge in [0.1, 0.15) is 13.2 Å². The highest BCUT2D eigenvalue weighted by atomic mass is 16.5. The van der Waals surface area contributed by atoms with E-state index in [1.807, 2.05) is 0 Å². The van der Waals surface area contributed by atoms with Gasteiger partial charge in [-0.15, -0.1) is 0 Å². The van der Waals surface area contributed by atoms with Gasteiger partial charge in [0.15, 0.2) is 0 Å². The molecule has 7 heteroatoms. The van der Waals surface area contributed by atoms with Crippen molar-refractivity contribution in [1.82, 2.24) is 9.80 Å². The molecule has 0 radical (unpaired) electrons. The predicted octanol–water partition coefficient (Wildman–Crippen LogP) is 12.1. The summed E-state index contributed by atoms with van der Waals surface area (Å²) in [5.41, 5.74) is 5.78. The fraction of sp³-hybridized carbons (Fsp3) is 0.875. The van der Waals surface area contributed by atoms with Crippen LogP contribution in [0.25, 0.3) is 0 Å². The van der Waals surface area contributed by atoms with Crippen molar-refractivity contribution in [3.8, 4) is 0 Å². The first-order valence-corrected chi connectivity index (χ1v) is 23.8. The Morgan fingerprint density at radius 2 is 0.927 bits per heavy atom. The van der Waals surface area contributed by atoms with Crippen molar-refractivity contribution in [2.45, 2.75) is 206 Å². The Bertz CT molecular complexity index is 844. The summed E-state index contributed by atoms with van der Waals surface area (Å²) < 4.78 is 11.3. The third-order valence-electron chi connectivity index (χ3n) is 11.3. The minimum atomic E-state index is -0.0842. The smallest absolute Gasteiger partial charge is 0.305 e. The molecule has 2 N–H and O–H groups in total. The van der Waals surface area contributed by atoms with Crippen molar-refractivity contribution in [1.29, 1.82) is 0 Å². The highest BCUT2D eigenvalue weighted by molar-refractivity contribution is 5.69. The Morgan fingerprint density at radius 1 is 0.564 bits per heavy atom. The minimum absolute atomic E-state index is 0.0842. The molecular formula is C48H91N3O4. The van der Waals surface area contributed by atoms with Crippen LogP contribution in [0.5, 0.6) is 0 Å². The van der Waals surface area contributed by atoms with Crippen LogP contribution in [-0.4, -0.2) is 80.8 Å². The van der Waals surface area contributed by atoms with Gasteiger partial charge in [0, 0.05) is 45.6 Å². The van der Waals surface area contributed by atoms with Crippen LogP contribution in [0.1, 0.15) is 206 Å². The molecule has 7 nitrogen and oxygen atoms in total. The van der Waals surface area contributed by atoms with E-state index in [2.05, 4.69) is 48.0 Å². The molecular weight excluding hydrogens is 683 g/mol. The Labute approximate surface area is 341 Å². The van der Waals surface area contributed by atoms with E-state index in [0.29, 0.717) is 51.6 Å². The maximum atomic E-state index is 12.5. The summed E-state index contributed by atoms with van der Waals surface area (Å²) in [6.07, 6.45) is 45.3. The number of ether oxygens (including phenoxy) is 2. The van der Waals surface area contributed by atoms with Gasteiger partial charge in [-0.2, -0.15) is 0 Å². The van der Waals surface area contributed by atoms with Gasteiger partial charge in [0.2, 0.25) is 0 Å². The summed E-state index contributed by atoms with van der Waals surface area (Å²) in [7, 11) is 0. The summed E-state index contributed by atoms with van der Waals surface area (Å²) in [5.74, 6) is 0.435. The second kappa shape index (κ2) is 40.5. The van der Waals surface area contributed by atoms with Crippen LogP contribution in [0.15, 0.2) is 24.3 Å². The monoisotopic (exact) mass is 774 g/mol. The van der Waals surface area contributed by atoms with Gasteiger partial charge >= 0.3 is 11.9 Å². The van der Waals surface area contributed by atoms with Gasteiger partial charge in [-0.3, -0.25) is 14.5 Å². The van der Waals surface area contributed by atoms with Gasteiger partial charge in [-0.25, -0.2) is 0 Å². The zero-order valence-electron chi connectivity index (χ0n) is 36.6. The molecule has 1 rings (SSSR count). The summed E-state index contributed by atoms with van der Waals surface area (Å²) >= 11 is 0. The Balaban J connectivity index is 2.17. The molecule has 0 aromatic rings. The van der Waals surface area contributed by atoms with E-state index in [1.165, 1.54) is 141 Å². The molecule has 0 spiro atoms. The van der Waals surface area contributed by atoms with Crippen LogP contribution in [-0.2, 0) is 19.1 Å². The molecule has 1 heterocycles. The lowest BCUT2D eigenvalue weighted by molar-refractivity contribution is -0.144. The molecule has 0 bridgehead atoms. The van der Waals surface area contributed by atoms with Gasteiger partial charge in [-0.05, 0) is 96.1 Å².